The molecule has 0 radical (unpaired) electrons. The number of aliphatic hydroxyl groups is 23. The third-order valence-corrected chi connectivity index (χ3v) is 14.5. The molecule has 36 nitrogen and oxygen atoms in total. The summed E-state index contributed by atoms with van der Waals surface area (Å²) in [5.41, 5.74) is 0. The monoisotopic (exact) mass is 1150 g/mol. The standard InChI is InChI=1S/C42H72O36/c43-1-8-15(48)22(55)25(58)37(69-8)66-6-13-20(53)34(76-39-27(60)24(57)17(50)10(3-45)71-39)30(63)42(74-13)77-33-19(52)12(5-47)72-40(29(33)62)78-35-21(54)14(7-67-38-26(59)23(56)16(49)9(2-44)70-38)73-41(31(35)64)75-32-18(51)11(4-46)68-36(65)28(32)61/h8-65H,1-7H2/t8-,9-,10-,11-,12-,13-,14-,15-,16-,17-,18-,19-,20-,21-,22+,23+,24+,25-,26-,27-,28-,29-,30-,31-,32+,33+,34+,35+,36-,37-,38-,39+,40+,41+,42+/m1/s1. The molecule has 7 heterocycles. The third-order valence-electron chi connectivity index (χ3n) is 14.5. The van der Waals surface area contributed by atoms with Gasteiger partial charge in [-0.15, -0.1) is 0 Å². The van der Waals surface area contributed by atoms with E-state index >= 15 is 0 Å². The van der Waals surface area contributed by atoms with E-state index in [1.807, 2.05) is 0 Å². The molecular weight excluding hydrogens is 1080 g/mol. The van der Waals surface area contributed by atoms with Crippen LogP contribution in [0.25, 0.3) is 0 Å². The Morgan fingerprint density at radius 1 is 0.218 bits per heavy atom. The lowest BCUT2D eigenvalue weighted by Crippen LogP contribution is -2.68. The molecule has 78 heavy (non-hydrogen) atoms. The van der Waals surface area contributed by atoms with Gasteiger partial charge in [-0.2, -0.15) is 0 Å². The predicted molar refractivity (Wildman–Crippen MR) is 232 cm³/mol. The molecule has 0 saturated carbocycles. The van der Waals surface area contributed by atoms with Gasteiger partial charge in [-0.05, 0) is 0 Å². The van der Waals surface area contributed by atoms with Crippen LogP contribution in [0.2, 0.25) is 0 Å². The first-order chi connectivity index (χ1) is 36.9. The van der Waals surface area contributed by atoms with Crippen LogP contribution >= 0.6 is 0 Å². The second-order valence-electron chi connectivity index (χ2n) is 19.6. The largest absolute Gasteiger partial charge is 0.394 e. The minimum Gasteiger partial charge on any atom is -0.394 e. The summed E-state index contributed by atoms with van der Waals surface area (Å²) in [5.74, 6) is 0. The van der Waals surface area contributed by atoms with Crippen LogP contribution in [0.4, 0.5) is 0 Å². The van der Waals surface area contributed by atoms with Crippen molar-refractivity contribution in [3.63, 3.8) is 0 Å². The Bertz CT molecular complexity index is 1810. The number of hydrogen-bond acceptors (Lipinski definition) is 36. The Hall–Kier alpha value is -1.44. The number of aliphatic hydroxyl groups excluding tert-OH is 23. The van der Waals surface area contributed by atoms with Gasteiger partial charge in [0.05, 0.1) is 46.2 Å². The van der Waals surface area contributed by atoms with E-state index in [-0.39, 0.29) is 0 Å². The lowest BCUT2D eigenvalue weighted by atomic mass is 9.95. The highest BCUT2D eigenvalue weighted by atomic mass is 16.8. The molecule has 35 atom stereocenters. The van der Waals surface area contributed by atoms with Gasteiger partial charge in [0.1, 0.15) is 171 Å². The molecule has 0 aromatic rings. The Morgan fingerprint density at radius 3 is 0.769 bits per heavy atom. The van der Waals surface area contributed by atoms with E-state index in [0.717, 1.165) is 0 Å². The normalized spacial score (nSPS) is 53.5. The summed E-state index contributed by atoms with van der Waals surface area (Å²) < 4.78 is 72.5. The second-order valence-corrected chi connectivity index (χ2v) is 19.6. The van der Waals surface area contributed by atoms with Crippen molar-refractivity contribution in [3.8, 4) is 0 Å². The fraction of sp³-hybridized carbons (Fsp3) is 1.00. The fourth-order valence-electron chi connectivity index (χ4n) is 9.77. The van der Waals surface area contributed by atoms with E-state index in [0.29, 0.717) is 0 Å². The lowest BCUT2D eigenvalue weighted by molar-refractivity contribution is -0.398. The van der Waals surface area contributed by atoms with Gasteiger partial charge in [0.25, 0.3) is 0 Å². The Kier molecular flexibility index (Phi) is 22.6. The molecule has 0 aromatic heterocycles. The van der Waals surface area contributed by atoms with Crippen molar-refractivity contribution in [1.29, 1.82) is 0 Å². The molecule has 0 unspecified atom stereocenters. The number of ether oxygens (including phenoxy) is 13. The van der Waals surface area contributed by atoms with Crippen molar-refractivity contribution in [2.75, 3.05) is 46.2 Å². The SMILES string of the molecule is OC[C@H]1O[C@@H](OC[C@H]2O[C@@H](O[C@@H]3[C@@H](O)[C@H](O[C@@H]4[C@@H](O)[C@H](O[C@@H]5[C@@H](O)[C@H](O)O[C@H](CO)[C@H]5O)O[C@H](CO[C@@H]5O[C@H](CO)[C@@H](O)[C@H](O)[C@H]5O)[C@H]4O)O[C@H](CO)[C@H]3O)[C@H](O)[C@@H](O[C@@H]3O[C@H](CO)[C@@H](O)[C@H](O)[C@H]3O)[C@@H]2O)[C@H](O)[C@@H](O)[C@@H]1O. The maximum absolute atomic E-state index is 11.9. The van der Waals surface area contributed by atoms with Crippen LogP contribution in [0, 0.1) is 0 Å². The van der Waals surface area contributed by atoms with Crippen molar-refractivity contribution < 1.29 is 179 Å². The van der Waals surface area contributed by atoms with Crippen LogP contribution in [0.3, 0.4) is 0 Å². The quantitative estimate of drug-likeness (QED) is 0.0571. The first kappa shape index (κ1) is 64.1. The van der Waals surface area contributed by atoms with Gasteiger partial charge in [0, 0.05) is 0 Å². The van der Waals surface area contributed by atoms with Crippen LogP contribution in [0.5, 0.6) is 0 Å². The zero-order valence-electron chi connectivity index (χ0n) is 40.8. The molecular formula is C42H72O36. The van der Waals surface area contributed by atoms with E-state index in [2.05, 4.69) is 0 Å². The Labute approximate surface area is 439 Å². The van der Waals surface area contributed by atoms with Crippen LogP contribution in [-0.2, 0) is 61.6 Å². The molecule has 7 aliphatic heterocycles. The molecule has 0 spiro atoms. The summed E-state index contributed by atoms with van der Waals surface area (Å²) in [7, 11) is 0. The molecule has 7 aliphatic rings. The zero-order valence-corrected chi connectivity index (χ0v) is 40.8. The molecule has 0 amide bonds. The molecule has 23 N–H and O–H groups in total. The molecule has 7 saturated heterocycles. The second kappa shape index (κ2) is 27.5. The predicted octanol–water partition coefficient (Wildman–Crippen LogP) is -16.3. The molecule has 36 heteroatoms. The minimum atomic E-state index is -2.40. The van der Waals surface area contributed by atoms with Gasteiger partial charge in [-0.25, -0.2) is 0 Å². The summed E-state index contributed by atoms with van der Waals surface area (Å²) in [5, 5.41) is 245. The van der Waals surface area contributed by atoms with Gasteiger partial charge < -0.3 is 179 Å². The summed E-state index contributed by atoms with van der Waals surface area (Å²) in [6.45, 7) is -6.68. The van der Waals surface area contributed by atoms with Crippen molar-refractivity contribution in [1.82, 2.24) is 0 Å². The lowest BCUT2D eigenvalue weighted by Gasteiger charge is -2.50. The molecule has 456 valence electrons. The average Bonchev–Trinajstić information content (AvgIpc) is 3.43. The zero-order chi connectivity index (χ0) is 57.3. The van der Waals surface area contributed by atoms with Crippen LogP contribution in [0.15, 0.2) is 0 Å². The van der Waals surface area contributed by atoms with Crippen LogP contribution in [0.1, 0.15) is 0 Å². The maximum Gasteiger partial charge on any atom is 0.187 e. The topological polar surface area (TPSA) is 585 Å². The highest BCUT2D eigenvalue weighted by Gasteiger charge is 2.58. The molecule has 0 aliphatic carbocycles. The summed E-state index contributed by atoms with van der Waals surface area (Å²) in [6.07, 6.45) is -70.3. The number of hydrogen-bond donors (Lipinski definition) is 23. The van der Waals surface area contributed by atoms with E-state index < -0.39 is 261 Å². The van der Waals surface area contributed by atoms with Gasteiger partial charge >= 0.3 is 0 Å². The van der Waals surface area contributed by atoms with Gasteiger partial charge in [-0.1, -0.05) is 0 Å². The Morgan fingerprint density at radius 2 is 0.449 bits per heavy atom. The first-order valence-corrected chi connectivity index (χ1v) is 24.7. The summed E-state index contributed by atoms with van der Waals surface area (Å²) in [6, 6.07) is 0. The minimum absolute atomic E-state index is 0.884. The van der Waals surface area contributed by atoms with E-state index in [1.54, 1.807) is 0 Å². The number of rotatable bonds is 19. The molecule has 7 rings (SSSR count). The third kappa shape index (κ3) is 13.2. The van der Waals surface area contributed by atoms with E-state index in [4.69, 9.17) is 61.6 Å². The van der Waals surface area contributed by atoms with Gasteiger partial charge in [-0.3, -0.25) is 0 Å². The maximum atomic E-state index is 11.9. The summed E-state index contributed by atoms with van der Waals surface area (Å²) >= 11 is 0. The molecule has 7 fully saturated rings. The highest BCUT2D eigenvalue weighted by molar-refractivity contribution is 5.00. The van der Waals surface area contributed by atoms with Gasteiger partial charge in [0.2, 0.25) is 0 Å². The van der Waals surface area contributed by atoms with Crippen LogP contribution < -0.4 is 0 Å². The summed E-state index contributed by atoms with van der Waals surface area (Å²) in [4.78, 5) is 0. The Balaban J connectivity index is 1.15. The molecule has 0 aromatic carbocycles. The van der Waals surface area contributed by atoms with Crippen molar-refractivity contribution in [2.24, 2.45) is 0 Å². The van der Waals surface area contributed by atoms with Gasteiger partial charge in [0.15, 0.2) is 44.0 Å². The van der Waals surface area contributed by atoms with E-state index in [1.165, 1.54) is 0 Å². The smallest absolute Gasteiger partial charge is 0.187 e. The van der Waals surface area contributed by atoms with Crippen molar-refractivity contribution >= 4 is 0 Å². The van der Waals surface area contributed by atoms with Crippen molar-refractivity contribution in [3.05, 3.63) is 0 Å². The van der Waals surface area contributed by atoms with Crippen LogP contribution in [-0.4, -0.2) is 379 Å². The molecule has 0 bridgehead atoms. The van der Waals surface area contributed by atoms with E-state index in [9.17, 15) is 117 Å². The highest BCUT2D eigenvalue weighted by Crippen LogP contribution is 2.37. The first-order valence-electron chi connectivity index (χ1n) is 24.7. The fourth-order valence-corrected chi connectivity index (χ4v) is 9.77. The average molecular weight is 1150 g/mol. The van der Waals surface area contributed by atoms with Crippen molar-refractivity contribution in [2.45, 2.75) is 215 Å².